The number of carboxylic acids is 1. The van der Waals surface area contributed by atoms with Crippen molar-refractivity contribution in [3.8, 4) is 11.5 Å². The second kappa shape index (κ2) is 9.94. The van der Waals surface area contributed by atoms with Crippen LogP contribution in [0.3, 0.4) is 0 Å². The second-order valence-electron chi connectivity index (χ2n) is 6.22. The fraction of sp³-hybridized carbons (Fsp3) is 0.130. The maximum Gasteiger partial charge on any atom is 0.337 e. The van der Waals surface area contributed by atoms with Crippen LogP contribution in [-0.4, -0.2) is 31.0 Å². The van der Waals surface area contributed by atoms with Gasteiger partial charge in [0.05, 0.1) is 31.2 Å². The number of nitrogens with one attached hydrogen (secondary N) is 1. The highest BCUT2D eigenvalue weighted by Crippen LogP contribution is 2.27. The quantitative estimate of drug-likeness (QED) is 0.416. The second-order valence-corrected chi connectivity index (χ2v) is 6.22. The van der Waals surface area contributed by atoms with Crippen LogP contribution in [0.4, 0.5) is 5.69 Å². The van der Waals surface area contributed by atoms with Crippen molar-refractivity contribution < 1.29 is 19.4 Å². The van der Waals surface area contributed by atoms with Crippen LogP contribution in [-0.2, 0) is 6.42 Å². The number of nitrogens with zero attached hydrogens (tertiary/aromatic N) is 1. The number of hydrogen-bond donors (Lipinski definition) is 2. The molecule has 3 rings (SSSR count). The lowest BCUT2D eigenvalue weighted by Gasteiger charge is -2.11. The molecule has 0 fully saturated rings. The van der Waals surface area contributed by atoms with Gasteiger partial charge in [0.25, 0.3) is 0 Å². The van der Waals surface area contributed by atoms with E-state index >= 15 is 0 Å². The van der Waals surface area contributed by atoms with E-state index in [1.165, 1.54) is 11.6 Å². The first-order valence-corrected chi connectivity index (χ1v) is 9.13. The number of rotatable bonds is 9. The third kappa shape index (κ3) is 5.59. The van der Waals surface area contributed by atoms with E-state index in [9.17, 15) is 9.90 Å². The molecule has 0 amide bonds. The largest absolute Gasteiger partial charge is 0.493 e. The van der Waals surface area contributed by atoms with Gasteiger partial charge in [-0.1, -0.05) is 42.5 Å². The summed E-state index contributed by atoms with van der Waals surface area (Å²) in [6, 6.07) is 22.2. The fourth-order valence-electron chi connectivity index (χ4n) is 2.75. The van der Waals surface area contributed by atoms with Gasteiger partial charge in [0.2, 0.25) is 0 Å². The van der Waals surface area contributed by atoms with Crippen molar-refractivity contribution in [2.24, 2.45) is 5.10 Å². The van der Waals surface area contributed by atoms with Crippen molar-refractivity contribution in [1.82, 2.24) is 0 Å². The third-order valence-corrected chi connectivity index (χ3v) is 4.23. The normalized spacial score (nSPS) is 10.7. The van der Waals surface area contributed by atoms with Gasteiger partial charge in [0.15, 0.2) is 11.5 Å². The Morgan fingerprint density at radius 3 is 2.55 bits per heavy atom. The first kappa shape index (κ1) is 19.9. The van der Waals surface area contributed by atoms with E-state index in [-0.39, 0.29) is 5.56 Å². The van der Waals surface area contributed by atoms with Crippen molar-refractivity contribution in [1.29, 1.82) is 0 Å². The summed E-state index contributed by atoms with van der Waals surface area (Å²) in [5, 5.41) is 13.3. The summed E-state index contributed by atoms with van der Waals surface area (Å²) in [4.78, 5) is 11.2. The Morgan fingerprint density at radius 1 is 1.03 bits per heavy atom. The highest BCUT2D eigenvalue weighted by Gasteiger charge is 2.08. The predicted molar refractivity (Wildman–Crippen MR) is 113 cm³/mol. The molecule has 0 unspecified atom stereocenters. The molecule has 0 atom stereocenters. The van der Waals surface area contributed by atoms with E-state index in [0.29, 0.717) is 23.8 Å². The van der Waals surface area contributed by atoms with E-state index in [4.69, 9.17) is 9.47 Å². The van der Waals surface area contributed by atoms with Gasteiger partial charge in [-0.2, -0.15) is 5.10 Å². The average molecular weight is 390 g/mol. The van der Waals surface area contributed by atoms with Crippen LogP contribution < -0.4 is 14.9 Å². The Morgan fingerprint density at radius 2 is 1.79 bits per heavy atom. The number of benzene rings is 3. The summed E-state index contributed by atoms with van der Waals surface area (Å²) in [6.07, 6.45) is 2.40. The molecule has 0 spiro atoms. The van der Waals surface area contributed by atoms with Crippen molar-refractivity contribution in [3.63, 3.8) is 0 Å². The molecule has 0 aromatic heterocycles. The number of para-hydroxylation sites is 1. The zero-order valence-electron chi connectivity index (χ0n) is 16.0. The van der Waals surface area contributed by atoms with Gasteiger partial charge in [-0.05, 0) is 41.5 Å². The Kier molecular flexibility index (Phi) is 6.84. The Hall–Kier alpha value is -3.80. The van der Waals surface area contributed by atoms with Crippen molar-refractivity contribution in [2.45, 2.75) is 6.42 Å². The van der Waals surface area contributed by atoms with Crippen LogP contribution >= 0.6 is 0 Å². The number of aromatic carboxylic acids is 1. The molecule has 0 saturated heterocycles. The predicted octanol–water partition coefficient (Wildman–Crippen LogP) is 4.46. The number of carbonyl (C=O) groups is 1. The van der Waals surface area contributed by atoms with Gasteiger partial charge < -0.3 is 14.6 Å². The van der Waals surface area contributed by atoms with Crippen molar-refractivity contribution >= 4 is 17.9 Å². The molecule has 6 nitrogen and oxygen atoms in total. The summed E-state index contributed by atoms with van der Waals surface area (Å²) < 4.78 is 11.3. The van der Waals surface area contributed by atoms with Crippen molar-refractivity contribution in [2.75, 3.05) is 19.1 Å². The van der Waals surface area contributed by atoms with E-state index in [0.717, 1.165) is 12.0 Å². The number of ether oxygens (including phenoxy) is 2. The van der Waals surface area contributed by atoms with Crippen LogP contribution in [0.15, 0.2) is 77.9 Å². The highest BCUT2D eigenvalue weighted by molar-refractivity contribution is 5.94. The lowest BCUT2D eigenvalue weighted by Crippen LogP contribution is -2.03. The molecule has 0 heterocycles. The highest BCUT2D eigenvalue weighted by atomic mass is 16.5. The van der Waals surface area contributed by atoms with Crippen LogP contribution in [0.2, 0.25) is 0 Å². The van der Waals surface area contributed by atoms with Gasteiger partial charge in [-0.15, -0.1) is 0 Å². The molecule has 0 bridgehead atoms. The summed E-state index contributed by atoms with van der Waals surface area (Å²) in [5.74, 6) is 0.250. The third-order valence-electron chi connectivity index (χ3n) is 4.23. The molecule has 3 aromatic carbocycles. The van der Waals surface area contributed by atoms with E-state index in [2.05, 4.69) is 22.7 Å². The van der Waals surface area contributed by atoms with Crippen LogP contribution in [0.25, 0.3) is 0 Å². The average Bonchev–Trinajstić information content (AvgIpc) is 2.75. The number of hydrazone groups is 1. The summed E-state index contributed by atoms with van der Waals surface area (Å²) in [5.41, 5.74) is 5.34. The Labute approximate surface area is 169 Å². The van der Waals surface area contributed by atoms with Gasteiger partial charge in [-0.3, -0.25) is 5.43 Å². The molecule has 3 aromatic rings. The standard InChI is InChI=1S/C23H22N2O4/c1-28-22-15-18(16-24-25-20-10-6-5-9-19(20)23(26)27)11-12-21(22)29-14-13-17-7-3-2-4-8-17/h2-12,15-16,25H,13-14H2,1H3,(H,26,27)/b24-16+. The maximum atomic E-state index is 11.2. The zero-order valence-corrected chi connectivity index (χ0v) is 16.0. The molecular weight excluding hydrogens is 368 g/mol. The molecule has 0 aliphatic rings. The summed E-state index contributed by atoms with van der Waals surface area (Å²) >= 11 is 0. The minimum atomic E-state index is -1.01. The molecule has 0 aliphatic carbocycles. The monoisotopic (exact) mass is 390 g/mol. The van der Waals surface area contributed by atoms with E-state index < -0.39 is 5.97 Å². The number of anilines is 1. The number of hydrogen-bond acceptors (Lipinski definition) is 5. The number of methoxy groups -OCH3 is 1. The molecule has 0 saturated carbocycles. The molecule has 29 heavy (non-hydrogen) atoms. The molecular formula is C23H22N2O4. The zero-order chi connectivity index (χ0) is 20.5. The summed E-state index contributed by atoms with van der Waals surface area (Å²) in [6.45, 7) is 0.543. The lowest BCUT2D eigenvalue weighted by atomic mass is 10.2. The van der Waals surface area contributed by atoms with Crippen LogP contribution in [0.1, 0.15) is 21.5 Å². The van der Waals surface area contributed by atoms with Gasteiger partial charge in [0, 0.05) is 6.42 Å². The SMILES string of the molecule is COc1cc(/C=N/Nc2ccccc2C(=O)O)ccc1OCCc1ccccc1. The lowest BCUT2D eigenvalue weighted by molar-refractivity contribution is 0.0698. The van der Waals surface area contributed by atoms with E-state index in [1.54, 1.807) is 31.5 Å². The van der Waals surface area contributed by atoms with Gasteiger partial charge in [-0.25, -0.2) is 4.79 Å². The summed E-state index contributed by atoms with van der Waals surface area (Å²) in [7, 11) is 1.58. The molecule has 2 N–H and O–H groups in total. The fourth-order valence-corrected chi connectivity index (χ4v) is 2.75. The van der Waals surface area contributed by atoms with Gasteiger partial charge >= 0.3 is 5.97 Å². The maximum absolute atomic E-state index is 11.2. The molecule has 0 radical (unpaired) electrons. The topological polar surface area (TPSA) is 80.2 Å². The molecule has 0 aliphatic heterocycles. The molecule has 6 heteroatoms. The minimum absolute atomic E-state index is 0.157. The smallest absolute Gasteiger partial charge is 0.337 e. The van der Waals surface area contributed by atoms with Gasteiger partial charge in [0.1, 0.15) is 0 Å². The van der Waals surface area contributed by atoms with E-state index in [1.807, 2.05) is 36.4 Å². The van der Waals surface area contributed by atoms with Crippen LogP contribution in [0, 0.1) is 0 Å². The minimum Gasteiger partial charge on any atom is -0.493 e. The molecule has 148 valence electrons. The first-order chi connectivity index (χ1) is 14.2. The number of carboxylic acid groups (broad SMARTS) is 1. The van der Waals surface area contributed by atoms with Crippen molar-refractivity contribution in [3.05, 3.63) is 89.5 Å². The van der Waals surface area contributed by atoms with Crippen LogP contribution in [0.5, 0.6) is 11.5 Å². The first-order valence-electron chi connectivity index (χ1n) is 9.13. The Bertz CT molecular complexity index is 987. The Balaban J connectivity index is 1.62.